The Labute approximate surface area is 153 Å². The predicted molar refractivity (Wildman–Crippen MR) is 101 cm³/mol. The van der Waals surface area contributed by atoms with Crippen LogP contribution < -0.4 is 10.9 Å². The average Bonchev–Trinajstić information content (AvgIpc) is 2.60. The van der Waals surface area contributed by atoms with Crippen molar-refractivity contribution in [3.8, 4) is 0 Å². The number of methoxy groups -OCH3 is 1. The van der Waals surface area contributed by atoms with Crippen molar-refractivity contribution in [1.82, 2.24) is 9.88 Å². The van der Waals surface area contributed by atoms with Gasteiger partial charge in [-0.25, -0.2) is 0 Å². The van der Waals surface area contributed by atoms with Crippen LogP contribution in [0.15, 0.2) is 35.3 Å². The van der Waals surface area contributed by atoms with Crippen molar-refractivity contribution in [2.45, 2.75) is 44.9 Å². The number of pyridine rings is 1. The van der Waals surface area contributed by atoms with Crippen LogP contribution in [0.25, 0.3) is 10.8 Å². The molecule has 0 saturated carbocycles. The molecule has 0 radical (unpaired) electrons. The number of fused-ring (bicyclic) bond motifs is 1. The first kappa shape index (κ1) is 18.6. The highest BCUT2D eigenvalue weighted by Crippen LogP contribution is 2.24. The molecule has 140 valence electrons. The van der Waals surface area contributed by atoms with Gasteiger partial charge in [0.15, 0.2) is 0 Å². The Hall–Kier alpha value is -2.18. The molecule has 1 fully saturated rings. The first-order chi connectivity index (χ1) is 12.4. The molecule has 1 atom stereocenters. The number of amides is 1. The Balaban J connectivity index is 1.94. The largest absolute Gasteiger partial charge is 0.383 e. The van der Waals surface area contributed by atoms with E-state index in [0.29, 0.717) is 36.1 Å². The zero-order chi connectivity index (χ0) is 18.7. The minimum Gasteiger partial charge on any atom is -0.383 e. The van der Waals surface area contributed by atoms with Crippen LogP contribution in [-0.4, -0.2) is 42.4 Å². The van der Waals surface area contributed by atoms with Crippen LogP contribution >= 0.6 is 0 Å². The van der Waals surface area contributed by atoms with Crippen LogP contribution in [-0.2, 0) is 16.0 Å². The molecule has 0 unspecified atom stereocenters. The molecule has 0 aliphatic carbocycles. The van der Waals surface area contributed by atoms with Gasteiger partial charge in [0, 0.05) is 43.3 Å². The van der Waals surface area contributed by atoms with Gasteiger partial charge in [0.25, 0.3) is 11.5 Å². The van der Waals surface area contributed by atoms with Crippen molar-refractivity contribution in [2.24, 2.45) is 0 Å². The average molecular weight is 358 g/mol. The zero-order valence-electron chi connectivity index (χ0n) is 15.6. The second-order valence-electron chi connectivity index (χ2n) is 7.35. The summed E-state index contributed by atoms with van der Waals surface area (Å²) in [5.74, 6) is -0.157. The molecule has 1 aromatic carbocycles. The van der Waals surface area contributed by atoms with Gasteiger partial charge in [-0.15, -0.1) is 0 Å². The summed E-state index contributed by atoms with van der Waals surface area (Å²) in [4.78, 5) is 25.6. The van der Waals surface area contributed by atoms with Gasteiger partial charge in [-0.2, -0.15) is 0 Å². The first-order valence-electron chi connectivity index (χ1n) is 8.97. The molecule has 1 aliphatic heterocycles. The molecular formula is C20H26N2O4. The van der Waals surface area contributed by atoms with E-state index in [-0.39, 0.29) is 23.1 Å². The minimum atomic E-state index is -0.241. The molecule has 2 heterocycles. The lowest BCUT2D eigenvalue weighted by molar-refractivity contribution is -0.0615. The molecule has 2 aromatic rings. The Morgan fingerprint density at radius 3 is 2.77 bits per heavy atom. The van der Waals surface area contributed by atoms with Crippen molar-refractivity contribution in [3.05, 3.63) is 46.4 Å². The van der Waals surface area contributed by atoms with Gasteiger partial charge in [-0.1, -0.05) is 18.2 Å². The molecule has 6 nitrogen and oxygen atoms in total. The summed E-state index contributed by atoms with van der Waals surface area (Å²) in [7, 11) is 1.59. The first-order valence-corrected chi connectivity index (χ1v) is 8.97. The van der Waals surface area contributed by atoms with Gasteiger partial charge < -0.3 is 19.4 Å². The molecule has 1 amide bonds. The third kappa shape index (κ3) is 3.97. The number of nitrogens with one attached hydrogen (secondary N) is 1. The van der Waals surface area contributed by atoms with Crippen molar-refractivity contribution in [1.29, 1.82) is 0 Å². The van der Waals surface area contributed by atoms with Crippen LogP contribution in [0.2, 0.25) is 0 Å². The summed E-state index contributed by atoms with van der Waals surface area (Å²) in [5.41, 5.74) is 0.164. The Morgan fingerprint density at radius 1 is 1.35 bits per heavy atom. The van der Waals surface area contributed by atoms with Crippen molar-refractivity contribution in [2.75, 3.05) is 20.3 Å². The number of hydrogen-bond donors (Lipinski definition) is 1. The fourth-order valence-corrected chi connectivity index (χ4v) is 3.50. The van der Waals surface area contributed by atoms with E-state index in [0.717, 1.165) is 12.8 Å². The number of benzene rings is 1. The zero-order valence-corrected chi connectivity index (χ0v) is 15.6. The molecule has 0 spiro atoms. The van der Waals surface area contributed by atoms with Crippen molar-refractivity contribution >= 4 is 16.7 Å². The van der Waals surface area contributed by atoms with E-state index in [1.165, 1.54) is 0 Å². The van der Waals surface area contributed by atoms with E-state index in [1.807, 2.05) is 32.0 Å². The minimum absolute atomic E-state index is 0.0596. The van der Waals surface area contributed by atoms with Crippen LogP contribution in [0.3, 0.4) is 0 Å². The molecule has 3 rings (SSSR count). The van der Waals surface area contributed by atoms with E-state index < -0.39 is 0 Å². The Kier molecular flexibility index (Phi) is 5.44. The fourth-order valence-electron chi connectivity index (χ4n) is 3.50. The molecule has 26 heavy (non-hydrogen) atoms. The van der Waals surface area contributed by atoms with Crippen LogP contribution in [0, 0.1) is 0 Å². The maximum Gasteiger partial charge on any atom is 0.258 e. The highest BCUT2D eigenvalue weighted by molar-refractivity contribution is 6.06. The maximum atomic E-state index is 13.0. The van der Waals surface area contributed by atoms with Crippen LogP contribution in [0.1, 0.15) is 37.0 Å². The van der Waals surface area contributed by atoms with Gasteiger partial charge in [-0.05, 0) is 32.8 Å². The van der Waals surface area contributed by atoms with Gasteiger partial charge in [0.05, 0.1) is 17.8 Å². The lowest BCUT2D eigenvalue weighted by Crippen LogP contribution is -2.46. The molecule has 1 aliphatic rings. The number of carbonyl (C=O) groups is 1. The van der Waals surface area contributed by atoms with Gasteiger partial charge in [0.2, 0.25) is 0 Å². The normalized spacial score (nSPS) is 19.4. The molecule has 0 bridgehead atoms. The lowest BCUT2D eigenvalue weighted by atomic mass is 9.93. The summed E-state index contributed by atoms with van der Waals surface area (Å²) in [6.07, 6.45) is 3.19. The molecular weight excluding hydrogens is 332 g/mol. The highest BCUT2D eigenvalue weighted by Gasteiger charge is 2.30. The SMILES string of the molecule is COCCn1cc(C(=O)N[C@@H]2CCOC(C)(C)C2)c2ccccc2c1=O. The number of nitrogens with zero attached hydrogens (tertiary/aromatic N) is 1. The molecule has 6 heteroatoms. The Bertz CT molecular complexity index is 857. The van der Waals surface area contributed by atoms with E-state index in [4.69, 9.17) is 9.47 Å². The highest BCUT2D eigenvalue weighted by atomic mass is 16.5. The summed E-state index contributed by atoms with van der Waals surface area (Å²) in [6.45, 7) is 5.52. The smallest absolute Gasteiger partial charge is 0.258 e. The van der Waals surface area contributed by atoms with E-state index in [1.54, 1.807) is 23.9 Å². The van der Waals surface area contributed by atoms with Crippen molar-refractivity contribution < 1.29 is 14.3 Å². The lowest BCUT2D eigenvalue weighted by Gasteiger charge is -2.35. The van der Waals surface area contributed by atoms with Gasteiger partial charge >= 0.3 is 0 Å². The topological polar surface area (TPSA) is 69.6 Å². The predicted octanol–water partition coefficient (Wildman–Crippen LogP) is 2.34. The summed E-state index contributed by atoms with van der Waals surface area (Å²) < 4.78 is 12.4. The van der Waals surface area contributed by atoms with Crippen molar-refractivity contribution in [3.63, 3.8) is 0 Å². The number of hydrogen-bond acceptors (Lipinski definition) is 4. The number of aromatic nitrogens is 1. The summed E-state index contributed by atoms with van der Waals surface area (Å²) in [6, 6.07) is 7.29. The second-order valence-corrected chi connectivity index (χ2v) is 7.35. The molecule has 1 saturated heterocycles. The second kappa shape index (κ2) is 7.60. The summed E-state index contributed by atoms with van der Waals surface area (Å²) >= 11 is 0. The summed E-state index contributed by atoms with van der Waals surface area (Å²) in [5, 5.41) is 4.34. The Morgan fingerprint density at radius 2 is 2.08 bits per heavy atom. The standard InChI is InChI=1S/C20H26N2O4/c1-20(2)12-14(8-10-26-20)21-18(23)17-13-22(9-11-25-3)19(24)16-7-5-4-6-15(16)17/h4-7,13-14H,8-12H2,1-3H3,(H,21,23)/t14-/m1/s1. The third-order valence-electron chi connectivity index (χ3n) is 4.81. The third-order valence-corrected chi connectivity index (χ3v) is 4.81. The van der Waals surface area contributed by atoms with Gasteiger partial charge in [0.1, 0.15) is 0 Å². The van der Waals surface area contributed by atoms with Gasteiger partial charge in [-0.3, -0.25) is 9.59 Å². The maximum absolute atomic E-state index is 13.0. The molecule has 1 aromatic heterocycles. The number of carbonyl (C=O) groups excluding carboxylic acids is 1. The number of ether oxygens (including phenoxy) is 2. The van der Waals surface area contributed by atoms with E-state index >= 15 is 0 Å². The van der Waals surface area contributed by atoms with Crippen LogP contribution in [0.4, 0.5) is 0 Å². The molecule has 1 N–H and O–H groups in total. The monoisotopic (exact) mass is 358 g/mol. The van der Waals surface area contributed by atoms with E-state index in [2.05, 4.69) is 5.32 Å². The van der Waals surface area contributed by atoms with Crippen LogP contribution in [0.5, 0.6) is 0 Å². The van der Waals surface area contributed by atoms with E-state index in [9.17, 15) is 9.59 Å². The number of rotatable bonds is 5. The quantitative estimate of drug-likeness (QED) is 0.891. The fraction of sp³-hybridized carbons (Fsp3) is 0.500.